The fourth-order valence-corrected chi connectivity index (χ4v) is 4.54. The van der Waals surface area contributed by atoms with Crippen LogP contribution in [0.25, 0.3) is 21.9 Å². The highest BCUT2D eigenvalue weighted by Crippen LogP contribution is 2.31. The molecule has 1 fully saturated rings. The molecule has 0 saturated carbocycles. The number of nitrogens with zero attached hydrogens (tertiary/aromatic N) is 1. The lowest BCUT2D eigenvalue weighted by Gasteiger charge is -2.31. The van der Waals surface area contributed by atoms with Crippen LogP contribution < -0.4 is 11.1 Å². The van der Waals surface area contributed by atoms with Gasteiger partial charge in [0.15, 0.2) is 0 Å². The van der Waals surface area contributed by atoms with Gasteiger partial charge in [-0.1, -0.05) is 42.5 Å². The zero-order chi connectivity index (χ0) is 21.9. The molecule has 0 bridgehead atoms. The lowest BCUT2D eigenvalue weighted by Crippen LogP contribution is -2.44. The SMILES string of the molecule is Nc1ccc(-c2cccc3c(C(=O)NC4CCN(Cc5ccco5)CC4)cccc23)cc1. The maximum absolute atomic E-state index is 13.2. The van der Waals surface area contributed by atoms with Gasteiger partial charge < -0.3 is 15.5 Å². The van der Waals surface area contributed by atoms with Gasteiger partial charge in [-0.15, -0.1) is 0 Å². The predicted octanol–water partition coefficient (Wildman–Crippen LogP) is 5.08. The number of rotatable bonds is 5. The first-order valence-corrected chi connectivity index (χ1v) is 11.1. The average molecular weight is 426 g/mol. The van der Waals surface area contributed by atoms with Crippen LogP contribution in [0.5, 0.6) is 0 Å². The summed E-state index contributed by atoms with van der Waals surface area (Å²) in [4.78, 5) is 15.6. The third kappa shape index (κ3) is 4.25. The van der Waals surface area contributed by atoms with Crippen LogP contribution in [0.3, 0.4) is 0 Å². The number of carbonyl (C=O) groups is 1. The molecule has 32 heavy (non-hydrogen) atoms. The second-order valence-electron chi connectivity index (χ2n) is 8.43. The van der Waals surface area contributed by atoms with Gasteiger partial charge in [0.2, 0.25) is 0 Å². The van der Waals surface area contributed by atoms with Crippen molar-refractivity contribution in [3.05, 3.63) is 90.4 Å². The maximum Gasteiger partial charge on any atom is 0.252 e. The van der Waals surface area contributed by atoms with Gasteiger partial charge >= 0.3 is 0 Å². The van der Waals surface area contributed by atoms with E-state index in [-0.39, 0.29) is 11.9 Å². The highest BCUT2D eigenvalue weighted by atomic mass is 16.3. The van der Waals surface area contributed by atoms with Crippen LogP contribution in [-0.2, 0) is 6.54 Å². The van der Waals surface area contributed by atoms with E-state index in [0.29, 0.717) is 0 Å². The molecular formula is C27H27N3O2. The van der Waals surface area contributed by atoms with Crippen LogP contribution in [0.4, 0.5) is 5.69 Å². The van der Waals surface area contributed by atoms with Gasteiger partial charge in [0, 0.05) is 30.4 Å². The Morgan fingerprint density at radius 3 is 2.44 bits per heavy atom. The molecule has 1 aliphatic heterocycles. The van der Waals surface area contributed by atoms with Crippen LogP contribution in [0.1, 0.15) is 29.0 Å². The Morgan fingerprint density at radius 2 is 1.69 bits per heavy atom. The second kappa shape index (κ2) is 8.89. The Hall–Kier alpha value is -3.57. The summed E-state index contributed by atoms with van der Waals surface area (Å²) in [7, 11) is 0. The number of amides is 1. The highest BCUT2D eigenvalue weighted by molar-refractivity contribution is 6.10. The Kier molecular flexibility index (Phi) is 5.65. The van der Waals surface area contributed by atoms with Crippen molar-refractivity contribution in [1.82, 2.24) is 10.2 Å². The molecule has 3 aromatic carbocycles. The molecule has 1 saturated heterocycles. The van der Waals surface area contributed by atoms with E-state index in [0.717, 1.165) is 71.4 Å². The van der Waals surface area contributed by atoms with Gasteiger partial charge in [0.05, 0.1) is 12.8 Å². The van der Waals surface area contributed by atoms with Crippen molar-refractivity contribution in [3.8, 4) is 11.1 Å². The van der Waals surface area contributed by atoms with E-state index in [1.807, 2.05) is 60.7 Å². The number of hydrogen-bond acceptors (Lipinski definition) is 4. The van der Waals surface area contributed by atoms with Gasteiger partial charge in [0.25, 0.3) is 5.91 Å². The smallest absolute Gasteiger partial charge is 0.252 e. The number of fused-ring (bicyclic) bond motifs is 1. The molecule has 5 nitrogen and oxygen atoms in total. The van der Waals surface area contributed by atoms with Gasteiger partial charge in [0.1, 0.15) is 5.76 Å². The monoisotopic (exact) mass is 425 g/mol. The number of carbonyl (C=O) groups excluding carboxylic acids is 1. The van der Waals surface area contributed by atoms with E-state index in [1.54, 1.807) is 6.26 Å². The van der Waals surface area contributed by atoms with E-state index < -0.39 is 0 Å². The van der Waals surface area contributed by atoms with Crippen molar-refractivity contribution >= 4 is 22.4 Å². The van der Waals surface area contributed by atoms with E-state index in [4.69, 9.17) is 10.2 Å². The van der Waals surface area contributed by atoms with E-state index in [2.05, 4.69) is 22.3 Å². The summed E-state index contributed by atoms with van der Waals surface area (Å²) in [5.41, 5.74) is 9.50. The molecule has 1 amide bonds. The minimum atomic E-state index is -0.00505. The Labute approximate surface area is 187 Å². The first-order valence-electron chi connectivity index (χ1n) is 11.1. The molecule has 0 atom stereocenters. The van der Waals surface area contributed by atoms with Crippen molar-refractivity contribution in [2.24, 2.45) is 0 Å². The van der Waals surface area contributed by atoms with Crippen LogP contribution in [-0.4, -0.2) is 29.9 Å². The zero-order valence-electron chi connectivity index (χ0n) is 18.0. The maximum atomic E-state index is 13.2. The number of nitrogens with two attached hydrogens (primary N) is 1. The second-order valence-corrected chi connectivity index (χ2v) is 8.43. The molecular weight excluding hydrogens is 398 g/mol. The number of hydrogen-bond donors (Lipinski definition) is 2. The van der Waals surface area contributed by atoms with Crippen LogP contribution in [0.2, 0.25) is 0 Å². The van der Waals surface area contributed by atoms with Gasteiger partial charge in [-0.25, -0.2) is 0 Å². The third-order valence-electron chi connectivity index (χ3n) is 6.27. The van der Waals surface area contributed by atoms with Gasteiger partial charge in [-0.2, -0.15) is 0 Å². The zero-order valence-corrected chi connectivity index (χ0v) is 18.0. The largest absolute Gasteiger partial charge is 0.468 e. The molecule has 162 valence electrons. The quantitative estimate of drug-likeness (QED) is 0.438. The Morgan fingerprint density at radius 1 is 0.938 bits per heavy atom. The van der Waals surface area contributed by atoms with Crippen LogP contribution >= 0.6 is 0 Å². The third-order valence-corrected chi connectivity index (χ3v) is 6.27. The topological polar surface area (TPSA) is 71.5 Å². The number of likely N-dealkylation sites (tertiary alicyclic amines) is 1. The summed E-state index contributed by atoms with van der Waals surface area (Å²) >= 11 is 0. The van der Waals surface area contributed by atoms with Gasteiger partial charge in [-0.05, 0) is 65.1 Å². The van der Waals surface area contributed by atoms with E-state index in [9.17, 15) is 4.79 Å². The number of furan rings is 1. The minimum Gasteiger partial charge on any atom is -0.468 e. The van der Waals surface area contributed by atoms with Crippen LogP contribution in [0, 0.1) is 0 Å². The molecule has 4 aromatic rings. The number of nitrogen functional groups attached to an aromatic ring is 1. The fourth-order valence-electron chi connectivity index (χ4n) is 4.54. The number of anilines is 1. The lowest BCUT2D eigenvalue weighted by atomic mass is 9.95. The predicted molar refractivity (Wildman–Crippen MR) is 128 cm³/mol. The molecule has 5 rings (SSSR count). The molecule has 3 N–H and O–H groups in total. The lowest BCUT2D eigenvalue weighted by molar-refractivity contribution is 0.0908. The van der Waals surface area contributed by atoms with Crippen molar-refractivity contribution < 1.29 is 9.21 Å². The molecule has 5 heteroatoms. The molecule has 1 aliphatic rings. The molecule has 0 unspecified atom stereocenters. The summed E-state index contributed by atoms with van der Waals surface area (Å²) in [6, 6.07) is 24.0. The number of benzene rings is 3. The molecule has 0 radical (unpaired) electrons. The van der Waals surface area contributed by atoms with Crippen molar-refractivity contribution in [2.45, 2.75) is 25.4 Å². The molecule has 0 spiro atoms. The first kappa shape index (κ1) is 20.3. The molecule has 2 heterocycles. The average Bonchev–Trinajstić information content (AvgIpc) is 3.33. The summed E-state index contributed by atoms with van der Waals surface area (Å²) < 4.78 is 5.46. The minimum absolute atomic E-state index is 0.00505. The standard InChI is InChI=1S/C27H27N3O2/c28-20-11-9-19(10-12-20)23-5-1-7-25-24(23)6-2-8-26(25)27(31)29-21-13-15-30(16-14-21)18-22-4-3-17-32-22/h1-12,17,21H,13-16,18,28H2,(H,29,31). The first-order chi connectivity index (χ1) is 15.7. The van der Waals surface area contributed by atoms with E-state index >= 15 is 0 Å². The van der Waals surface area contributed by atoms with Crippen LogP contribution in [0.15, 0.2) is 83.5 Å². The highest BCUT2D eigenvalue weighted by Gasteiger charge is 2.22. The molecule has 0 aliphatic carbocycles. The molecule has 1 aromatic heterocycles. The number of nitrogens with one attached hydrogen (secondary N) is 1. The van der Waals surface area contributed by atoms with Crippen molar-refractivity contribution in [3.63, 3.8) is 0 Å². The van der Waals surface area contributed by atoms with Crippen molar-refractivity contribution in [1.29, 1.82) is 0 Å². The van der Waals surface area contributed by atoms with Crippen molar-refractivity contribution in [2.75, 3.05) is 18.8 Å². The normalized spacial score (nSPS) is 15.1. The Balaban J connectivity index is 1.31. The summed E-state index contributed by atoms with van der Waals surface area (Å²) in [6.45, 7) is 2.72. The fraction of sp³-hybridized carbons (Fsp3) is 0.222. The summed E-state index contributed by atoms with van der Waals surface area (Å²) in [5, 5.41) is 5.30. The number of piperidine rings is 1. The Bertz CT molecular complexity index is 1210. The van der Waals surface area contributed by atoms with E-state index in [1.165, 1.54) is 0 Å². The summed E-state index contributed by atoms with van der Waals surface area (Å²) in [6.07, 6.45) is 3.59. The van der Waals surface area contributed by atoms with Gasteiger partial charge in [-0.3, -0.25) is 9.69 Å². The summed E-state index contributed by atoms with van der Waals surface area (Å²) in [5.74, 6) is 0.981.